The van der Waals surface area contributed by atoms with Crippen LogP contribution in [0.2, 0.25) is 0 Å². The maximum Gasteiger partial charge on any atom is 0.171 e. The summed E-state index contributed by atoms with van der Waals surface area (Å²) in [4.78, 5) is 4.20. The van der Waals surface area contributed by atoms with Crippen LogP contribution in [0.5, 0.6) is 5.75 Å². The molecule has 0 saturated heterocycles. The summed E-state index contributed by atoms with van der Waals surface area (Å²) < 4.78 is 0. The minimum Gasteiger partial charge on any atom is -0.508 e. The summed E-state index contributed by atoms with van der Waals surface area (Å²) in [6.45, 7) is 5.45. The maximum atomic E-state index is 9.66. The van der Waals surface area contributed by atoms with E-state index in [0.717, 1.165) is 5.69 Å². The quantitative estimate of drug-likeness (QED) is 0.166. The first-order chi connectivity index (χ1) is 9.56. The van der Waals surface area contributed by atoms with E-state index in [4.69, 9.17) is 6.42 Å². The average Bonchev–Trinajstić information content (AvgIpc) is 2.45. The first-order valence-corrected chi connectivity index (χ1v) is 5.91. The van der Waals surface area contributed by atoms with E-state index in [0.29, 0.717) is 5.84 Å². The maximum absolute atomic E-state index is 9.66. The second kappa shape index (κ2) is 7.54. The van der Waals surface area contributed by atoms with Crippen LogP contribution in [0, 0.1) is 12.3 Å². The van der Waals surface area contributed by atoms with Crippen LogP contribution in [-0.2, 0) is 0 Å². The third kappa shape index (κ3) is 4.78. The third-order valence-electron chi connectivity index (χ3n) is 2.27. The summed E-state index contributed by atoms with van der Waals surface area (Å²) in [5, 5.41) is 24.7. The van der Waals surface area contributed by atoms with Crippen molar-refractivity contribution < 1.29 is 10.2 Å². The molecule has 0 aliphatic rings. The standard InChI is InChI=1S/C15H17N3O2/c1-4-10-16-15(14(20)5-2)18-11(3)17-12-6-8-13(19)9-7-12/h1,5-9,16,19-20H,2,10H2,3H3,(H,17,18)/b15-14+. The number of aliphatic hydroxyl groups excluding tert-OH is 1. The number of hydrogen-bond acceptors (Lipinski definition) is 4. The number of hydrogen-bond donors (Lipinski definition) is 4. The minimum atomic E-state index is -0.0906. The van der Waals surface area contributed by atoms with E-state index in [-0.39, 0.29) is 23.9 Å². The van der Waals surface area contributed by atoms with E-state index in [2.05, 4.69) is 28.1 Å². The third-order valence-corrected chi connectivity index (χ3v) is 2.27. The van der Waals surface area contributed by atoms with Crippen LogP contribution in [0.25, 0.3) is 0 Å². The van der Waals surface area contributed by atoms with E-state index >= 15 is 0 Å². The first kappa shape index (κ1) is 15.2. The number of aromatic hydroxyl groups is 1. The molecule has 20 heavy (non-hydrogen) atoms. The lowest BCUT2D eigenvalue weighted by Crippen LogP contribution is -2.17. The van der Waals surface area contributed by atoms with Gasteiger partial charge in [0.05, 0.1) is 6.54 Å². The number of aliphatic hydroxyl groups is 1. The van der Waals surface area contributed by atoms with Crippen molar-refractivity contribution in [2.45, 2.75) is 6.92 Å². The van der Waals surface area contributed by atoms with Gasteiger partial charge in [-0.1, -0.05) is 12.5 Å². The Morgan fingerprint density at radius 1 is 1.45 bits per heavy atom. The molecule has 1 aromatic rings. The molecule has 0 heterocycles. The van der Waals surface area contributed by atoms with Gasteiger partial charge in [-0.05, 0) is 37.3 Å². The zero-order valence-corrected chi connectivity index (χ0v) is 11.2. The Morgan fingerprint density at radius 2 is 2.10 bits per heavy atom. The summed E-state index contributed by atoms with van der Waals surface area (Å²) in [6, 6.07) is 6.54. The highest BCUT2D eigenvalue weighted by Crippen LogP contribution is 2.14. The van der Waals surface area contributed by atoms with Crippen LogP contribution in [-0.4, -0.2) is 22.6 Å². The molecule has 104 valence electrons. The monoisotopic (exact) mass is 271 g/mol. The van der Waals surface area contributed by atoms with E-state index in [1.54, 1.807) is 31.2 Å². The van der Waals surface area contributed by atoms with Gasteiger partial charge in [0.15, 0.2) is 11.6 Å². The highest BCUT2D eigenvalue weighted by Gasteiger charge is 2.02. The number of nitrogens with one attached hydrogen (secondary N) is 2. The number of rotatable bonds is 5. The number of phenols is 1. The van der Waals surface area contributed by atoms with Crippen molar-refractivity contribution in [3.8, 4) is 18.1 Å². The lowest BCUT2D eigenvalue weighted by atomic mass is 10.3. The highest BCUT2D eigenvalue weighted by molar-refractivity contribution is 5.94. The Hall–Kier alpha value is -2.87. The van der Waals surface area contributed by atoms with Gasteiger partial charge < -0.3 is 20.8 Å². The van der Waals surface area contributed by atoms with Crippen molar-refractivity contribution in [1.82, 2.24) is 5.32 Å². The van der Waals surface area contributed by atoms with Crippen LogP contribution in [0.3, 0.4) is 0 Å². The summed E-state index contributed by atoms with van der Waals surface area (Å²) in [7, 11) is 0. The van der Waals surface area contributed by atoms with Crippen molar-refractivity contribution >= 4 is 11.5 Å². The zero-order valence-electron chi connectivity index (χ0n) is 11.2. The normalized spacial score (nSPS) is 12.1. The molecular formula is C15H17N3O2. The molecule has 0 aliphatic carbocycles. The first-order valence-electron chi connectivity index (χ1n) is 5.91. The fourth-order valence-electron chi connectivity index (χ4n) is 1.37. The van der Waals surface area contributed by atoms with E-state index in [1.165, 1.54) is 6.08 Å². The fraction of sp³-hybridized carbons (Fsp3) is 0.133. The van der Waals surface area contributed by atoms with Gasteiger partial charge in [0.1, 0.15) is 11.6 Å². The summed E-state index contributed by atoms with van der Waals surface area (Å²) in [5.41, 5.74) is 0.762. The number of phenolic OH excluding ortho intramolecular Hbond substituents is 1. The van der Waals surface area contributed by atoms with Gasteiger partial charge >= 0.3 is 0 Å². The molecule has 5 nitrogen and oxygen atoms in total. The van der Waals surface area contributed by atoms with E-state index < -0.39 is 0 Å². The van der Waals surface area contributed by atoms with Crippen molar-refractivity contribution in [1.29, 1.82) is 0 Å². The summed E-state index contributed by atoms with van der Waals surface area (Å²) in [5.74, 6) is 3.28. The topological polar surface area (TPSA) is 76.9 Å². The molecule has 0 radical (unpaired) electrons. The lowest BCUT2D eigenvalue weighted by molar-refractivity contribution is 0.419. The molecule has 0 unspecified atom stereocenters. The van der Waals surface area contributed by atoms with Crippen molar-refractivity contribution in [3.63, 3.8) is 0 Å². The van der Waals surface area contributed by atoms with Gasteiger partial charge in [-0.15, -0.1) is 6.42 Å². The summed E-state index contributed by atoms with van der Waals surface area (Å²) in [6.07, 6.45) is 6.43. The van der Waals surface area contributed by atoms with Crippen molar-refractivity contribution in [2.75, 3.05) is 11.9 Å². The summed E-state index contributed by atoms with van der Waals surface area (Å²) >= 11 is 0. The smallest absolute Gasteiger partial charge is 0.171 e. The van der Waals surface area contributed by atoms with Gasteiger partial charge in [-0.3, -0.25) is 0 Å². The number of anilines is 1. The van der Waals surface area contributed by atoms with Gasteiger partial charge in [-0.2, -0.15) is 0 Å². The number of terminal acetylenes is 1. The molecule has 0 aliphatic heterocycles. The number of aliphatic imine (C=N–C) groups is 1. The molecule has 0 amide bonds. The second-order valence-electron chi connectivity index (χ2n) is 3.86. The Kier molecular flexibility index (Phi) is 5.73. The van der Waals surface area contributed by atoms with E-state index in [1.807, 2.05) is 0 Å². The molecule has 0 spiro atoms. The molecule has 1 rings (SSSR count). The number of nitrogens with zero attached hydrogens (tertiary/aromatic N) is 1. The van der Waals surface area contributed by atoms with Crippen LogP contribution in [0.1, 0.15) is 6.92 Å². The number of allylic oxidation sites excluding steroid dienone is 1. The minimum absolute atomic E-state index is 0.0906. The fourth-order valence-corrected chi connectivity index (χ4v) is 1.37. The molecule has 0 aromatic heterocycles. The highest BCUT2D eigenvalue weighted by atomic mass is 16.3. The SMILES string of the molecule is C#CCNC(/N=C(\C)Nc1ccc(O)cc1)=C(\O)C=C. The molecule has 0 fully saturated rings. The van der Waals surface area contributed by atoms with Gasteiger partial charge in [0.25, 0.3) is 0 Å². The Bertz CT molecular complexity index is 566. The van der Waals surface area contributed by atoms with Crippen LogP contribution >= 0.6 is 0 Å². The number of benzene rings is 1. The molecule has 0 bridgehead atoms. The zero-order chi connectivity index (χ0) is 15.0. The molecule has 0 saturated carbocycles. The second-order valence-corrected chi connectivity index (χ2v) is 3.86. The molecule has 5 heteroatoms. The Balaban J connectivity index is 2.86. The van der Waals surface area contributed by atoms with Gasteiger partial charge in [0, 0.05) is 5.69 Å². The predicted molar refractivity (Wildman–Crippen MR) is 81.5 cm³/mol. The molecule has 1 aromatic carbocycles. The number of amidine groups is 1. The van der Waals surface area contributed by atoms with Crippen LogP contribution in [0.15, 0.2) is 53.5 Å². The van der Waals surface area contributed by atoms with Gasteiger partial charge in [0.2, 0.25) is 0 Å². The largest absolute Gasteiger partial charge is 0.508 e. The Morgan fingerprint density at radius 3 is 2.65 bits per heavy atom. The molecule has 0 atom stereocenters. The van der Waals surface area contributed by atoms with Gasteiger partial charge in [-0.25, -0.2) is 4.99 Å². The molecular weight excluding hydrogens is 254 g/mol. The van der Waals surface area contributed by atoms with Crippen LogP contribution in [0.4, 0.5) is 5.69 Å². The van der Waals surface area contributed by atoms with E-state index in [9.17, 15) is 10.2 Å². The molecule has 4 N–H and O–H groups in total. The van der Waals surface area contributed by atoms with Crippen LogP contribution < -0.4 is 10.6 Å². The van der Waals surface area contributed by atoms with Crippen molar-refractivity contribution in [3.05, 3.63) is 48.5 Å². The predicted octanol–water partition coefficient (Wildman–Crippen LogP) is 2.36. The lowest BCUT2D eigenvalue weighted by Gasteiger charge is -2.09. The Labute approximate surface area is 118 Å². The average molecular weight is 271 g/mol. The van der Waals surface area contributed by atoms with Crippen molar-refractivity contribution in [2.24, 2.45) is 4.99 Å².